The summed E-state index contributed by atoms with van der Waals surface area (Å²) in [6.07, 6.45) is -2.23. The highest BCUT2D eigenvalue weighted by Crippen LogP contribution is 2.40. The van der Waals surface area contributed by atoms with E-state index in [9.17, 15) is 13.2 Å². The highest BCUT2D eigenvalue weighted by atomic mass is 32.1. The second-order valence-corrected chi connectivity index (χ2v) is 7.54. The lowest BCUT2D eigenvalue weighted by molar-refractivity contribution is -0.138. The molecule has 4 nitrogen and oxygen atoms in total. The van der Waals surface area contributed by atoms with E-state index < -0.39 is 11.7 Å². The number of alkyl halides is 3. The van der Waals surface area contributed by atoms with Crippen molar-refractivity contribution in [3.63, 3.8) is 0 Å². The van der Waals surface area contributed by atoms with Crippen molar-refractivity contribution >= 4 is 16.5 Å². The minimum Gasteiger partial charge on any atom is -0.493 e. The summed E-state index contributed by atoms with van der Waals surface area (Å²) >= 11 is 1.34. The van der Waals surface area contributed by atoms with Gasteiger partial charge >= 0.3 is 6.18 Å². The summed E-state index contributed by atoms with van der Waals surface area (Å²) in [6, 6.07) is 4.54. The van der Waals surface area contributed by atoms with Gasteiger partial charge in [-0.05, 0) is 51.4 Å². The van der Waals surface area contributed by atoms with Gasteiger partial charge < -0.3 is 10.5 Å². The van der Waals surface area contributed by atoms with E-state index in [2.05, 4.69) is 16.8 Å². The van der Waals surface area contributed by atoms with Gasteiger partial charge in [-0.25, -0.2) is 4.98 Å². The highest BCUT2D eigenvalue weighted by molar-refractivity contribution is 7.15. The molecule has 1 aromatic heterocycles. The van der Waals surface area contributed by atoms with Gasteiger partial charge in [-0.3, -0.25) is 4.90 Å². The molecular formula is C18H22F3N3OS. The summed E-state index contributed by atoms with van der Waals surface area (Å²) < 4.78 is 45.4. The number of nitrogens with zero attached hydrogens (tertiary/aromatic N) is 2. The standard InChI is InChI=1S/C18H22F3N3OS/c1-3-25-14-7-6-12(9-13(14)18(19,20)21)16-15(26-17(22)23-16)10-24-8-4-5-11(24)2/h6-7,9,11H,3-5,8,10H2,1-2H3,(H2,22,23). The minimum atomic E-state index is -4.49. The molecule has 1 atom stereocenters. The molecule has 1 unspecified atom stereocenters. The zero-order chi connectivity index (χ0) is 18.9. The van der Waals surface area contributed by atoms with Gasteiger partial charge in [0.1, 0.15) is 5.75 Å². The third-order valence-corrected chi connectivity index (χ3v) is 5.48. The molecule has 2 N–H and O–H groups in total. The third kappa shape index (κ3) is 3.96. The van der Waals surface area contributed by atoms with Crippen molar-refractivity contribution in [2.75, 3.05) is 18.9 Å². The fourth-order valence-corrected chi connectivity index (χ4v) is 4.17. The van der Waals surface area contributed by atoms with E-state index in [-0.39, 0.29) is 12.4 Å². The molecule has 1 aliphatic heterocycles. The molecular weight excluding hydrogens is 363 g/mol. The van der Waals surface area contributed by atoms with Crippen LogP contribution in [0.2, 0.25) is 0 Å². The number of halogens is 3. The second kappa shape index (κ2) is 7.44. The fraction of sp³-hybridized carbons (Fsp3) is 0.500. The maximum atomic E-state index is 13.4. The SMILES string of the molecule is CCOc1ccc(-c2nc(N)sc2CN2CCCC2C)cc1C(F)(F)F. The first kappa shape index (κ1) is 19.0. The predicted molar refractivity (Wildman–Crippen MR) is 97.2 cm³/mol. The number of hydrogen-bond donors (Lipinski definition) is 1. The first-order chi connectivity index (χ1) is 12.3. The molecule has 2 aromatic rings. The molecule has 26 heavy (non-hydrogen) atoms. The molecule has 0 bridgehead atoms. The van der Waals surface area contributed by atoms with Crippen LogP contribution < -0.4 is 10.5 Å². The van der Waals surface area contributed by atoms with Crippen molar-refractivity contribution in [3.8, 4) is 17.0 Å². The van der Waals surface area contributed by atoms with Crippen molar-refractivity contribution < 1.29 is 17.9 Å². The van der Waals surface area contributed by atoms with Crippen molar-refractivity contribution in [3.05, 3.63) is 28.6 Å². The number of anilines is 1. The molecule has 0 aliphatic carbocycles. The molecule has 0 spiro atoms. The van der Waals surface area contributed by atoms with Crippen LogP contribution in [0.1, 0.15) is 37.1 Å². The lowest BCUT2D eigenvalue weighted by atomic mass is 10.1. The van der Waals surface area contributed by atoms with E-state index in [0.717, 1.165) is 30.3 Å². The number of likely N-dealkylation sites (tertiary alicyclic amines) is 1. The van der Waals surface area contributed by atoms with Crippen LogP contribution >= 0.6 is 11.3 Å². The summed E-state index contributed by atoms with van der Waals surface area (Å²) in [4.78, 5) is 7.52. The number of thiazole rings is 1. The Morgan fingerprint density at radius 1 is 1.38 bits per heavy atom. The Bertz CT molecular complexity index is 776. The van der Waals surface area contributed by atoms with Crippen LogP contribution in [0, 0.1) is 0 Å². The number of hydrogen-bond acceptors (Lipinski definition) is 5. The van der Waals surface area contributed by atoms with E-state index in [0.29, 0.717) is 29.0 Å². The van der Waals surface area contributed by atoms with E-state index in [1.165, 1.54) is 17.4 Å². The Kier molecular flexibility index (Phi) is 5.43. The maximum absolute atomic E-state index is 13.4. The Balaban J connectivity index is 1.98. The second-order valence-electron chi connectivity index (χ2n) is 6.43. The molecule has 2 heterocycles. The Hall–Kier alpha value is -1.80. The zero-order valence-electron chi connectivity index (χ0n) is 14.8. The van der Waals surface area contributed by atoms with Crippen LogP contribution in [-0.2, 0) is 12.7 Å². The summed E-state index contributed by atoms with van der Waals surface area (Å²) in [5.41, 5.74) is 6.02. The quantitative estimate of drug-likeness (QED) is 0.804. The Morgan fingerprint density at radius 2 is 2.15 bits per heavy atom. The lowest BCUT2D eigenvalue weighted by Crippen LogP contribution is -2.25. The van der Waals surface area contributed by atoms with Crippen molar-refractivity contribution in [2.24, 2.45) is 0 Å². The van der Waals surface area contributed by atoms with E-state index in [4.69, 9.17) is 10.5 Å². The summed E-state index contributed by atoms with van der Waals surface area (Å²) in [7, 11) is 0. The highest BCUT2D eigenvalue weighted by Gasteiger charge is 2.35. The monoisotopic (exact) mass is 385 g/mol. The smallest absolute Gasteiger partial charge is 0.419 e. The number of aromatic nitrogens is 1. The molecule has 1 aliphatic rings. The molecule has 1 fully saturated rings. The number of rotatable bonds is 5. The van der Waals surface area contributed by atoms with Gasteiger partial charge in [0.05, 0.1) is 17.9 Å². The normalized spacial score (nSPS) is 18.4. The predicted octanol–water partition coefficient (Wildman–Crippen LogP) is 4.79. The fourth-order valence-electron chi connectivity index (χ4n) is 3.29. The average molecular weight is 385 g/mol. The van der Waals surface area contributed by atoms with Crippen LogP contribution in [0.15, 0.2) is 18.2 Å². The van der Waals surface area contributed by atoms with Gasteiger partial charge in [-0.2, -0.15) is 13.2 Å². The number of ether oxygens (including phenoxy) is 1. The van der Waals surface area contributed by atoms with Gasteiger partial charge in [0.2, 0.25) is 0 Å². The molecule has 8 heteroatoms. The van der Waals surface area contributed by atoms with Crippen LogP contribution in [0.3, 0.4) is 0 Å². The van der Waals surface area contributed by atoms with Crippen molar-refractivity contribution in [1.82, 2.24) is 9.88 Å². The molecule has 0 radical (unpaired) electrons. The molecule has 0 amide bonds. The molecule has 1 saturated heterocycles. The Morgan fingerprint density at radius 3 is 2.77 bits per heavy atom. The van der Waals surface area contributed by atoms with Crippen molar-refractivity contribution in [2.45, 2.75) is 45.5 Å². The number of nitrogen functional groups attached to an aromatic ring is 1. The average Bonchev–Trinajstić information content (AvgIpc) is 3.13. The van der Waals surface area contributed by atoms with Crippen LogP contribution in [0.25, 0.3) is 11.3 Å². The number of nitrogens with two attached hydrogens (primary N) is 1. The topological polar surface area (TPSA) is 51.4 Å². The largest absolute Gasteiger partial charge is 0.493 e. The van der Waals surface area contributed by atoms with Crippen LogP contribution in [0.4, 0.5) is 18.3 Å². The Labute approximate surface area is 154 Å². The third-order valence-electron chi connectivity index (χ3n) is 4.61. The first-order valence-corrected chi connectivity index (χ1v) is 9.45. The number of benzene rings is 1. The van der Waals surface area contributed by atoms with E-state index in [1.807, 2.05) is 0 Å². The van der Waals surface area contributed by atoms with Crippen molar-refractivity contribution in [1.29, 1.82) is 0 Å². The summed E-state index contributed by atoms with van der Waals surface area (Å²) in [6.45, 7) is 5.62. The summed E-state index contributed by atoms with van der Waals surface area (Å²) in [5.74, 6) is -0.165. The van der Waals surface area contributed by atoms with E-state index in [1.54, 1.807) is 13.0 Å². The van der Waals surface area contributed by atoms with Crippen LogP contribution in [-0.4, -0.2) is 29.1 Å². The first-order valence-electron chi connectivity index (χ1n) is 8.63. The molecule has 1 aromatic carbocycles. The van der Waals surface area contributed by atoms with Gasteiger partial charge in [0.15, 0.2) is 5.13 Å². The molecule has 142 valence electrons. The van der Waals surface area contributed by atoms with Gasteiger partial charge in [-0.15, -0.1) is 11.3 Å². The van der Waals surface area contributed by atoms with Gasteiger partial charge in [0, 0.05) is 23.0 Å². The molecule has 0 saturated carbocycles. The minimum absolute atomic E-state index is 0.165. The van der Waals surface area contributed by atoms with Crippen LogP contribution in [0.5, 0.6) is 5.75 Å². The molecule has 3 rings (SSSR count). The summed E-state index contributed by atoms with van der Waals surface area (Å²) in [5, 5.41) is 0.365. The zero-order valence-corrected chi connectivity index (χ0v) is 15.6. The van der Waals surface area contributed by atoms with Gasteiger partial charge in [0.25, 0.3) is 0 Å². The van der Waals surface area contributed by atoms with E-state index >= 15 is 0 Å². The van der Waals surface area contributed by atoms with Gasteiger partial charge in [-0.1, -0.05) is 0 Å². The lowest BCUT2D eigenvalue weighted by Gasteiger charge is -2.20. The maximum Gasteiger partial charge on any atom is 0.419 e.